The van der Waals surface area contributed by atoms with E-state index in [0.29, 0.717) is 38.4 Å². The molecule has 1 heterocycles. The van der Waals surface area contributed by atoms with Crippen molar-refractivity contribution < 1.29 is 28.2 Å². The first-order valence-corrected chi connectivity index (χ1v) is 11.7. The van der Waals surface area contributed by atoms with Gasteiger partial charge in [0.15, 0.2) is 16.7 Å². The Kier molecular flexibility index (Phi) is 7.70. The average Bonchev–Trinajstić information content (AvgIpc) is 3.16. The minimum absolute atomic E-state index is 0.0586. The van der Waals surface area contributed by atoms with Crippen LogP contribution >= 0.6 is 11.8 Å². The highest BCUT2D eigenvalue weighted by Gasteiger charge is 2.30. The normalized spacial score (nSPS) is 15.4. The third kappa shape index (κ3) is 5.58. The Balaban J connectivity index is 1.51. The molecule has 4 rings (SSSR count). The molecule has 0 atom stereocenters. The molecule has 184 valence electrons. The molecule has 1 aliphatic rings. The molecule has 0 N–H and O–H groups in total. The van der Waals surface area contributed by atoms with Crippen molar-refractivity contribution in [3.63, 3.8) is 0 Å². The summed E-state index contributed by atoms with van der Waals surface area (Å²) in [4.78, 5) is 30.9. The van der Waals surface area contributed by atoms with Gasteiger partial charge in [-0.3, -0.25) is 9.69 Å². The Labute approximate surface area is 212 Å². The van der Waals surface area contributed by atoms with Gasteiger partial charge in [-0.15, -0.1) is 0 Å². The molecular weight excluding hydrogens is 483 g/mol. The highest BCUT2D eigenvalue weighted by Crippen LogP contribution is 2.35. The van der Waals surface area contributed by atoms with Gasteiger partial charge in [0, 0.05) is 12.6 Å². The van der Waals surface area contributed by atoms with E-state index < -0.39 is 5.97 Å². The lowest BCUT2D eigenvalue weighted by atomic mass is 10.1. The summed E-state index contributed by atoms with van der Waals surface area (Å²) >= 11 is 1.24. The van der Waals surface area contributed by atoms with E-state index in [0.717, 1.165) is 5.56 Å². The number of hydrogen-bond donors (Lipinski definition) is 0. The Morgan fingerprint density at radius 2 is 1.81 bits per heavy atom. The standard InChI is InChI=1S/C27H23FN2O5S/c1-30-25(31)24(36-27(30)29-20-11-9-18(10-12-20)26(32)34-3)15-17-8-13-22(23(14-17)33-2)35-16-19-6-4-5-7-21(19)28/h4-15H,16H2,1-3H3/b24-15-,29-27?. The smallest absolute Gasteiger partial charge is 0.337 e. The van der Waals surface area contributed by atoms with Gasteiger partial charge >= 0.3 is 5.97 Å². The van der Waals surface area contributed by atoms with Gasteiger partial charge in [-0.1, -0.05) is 24.3 Å². The van der Waals surface area contributed by atoms with E-state index in [1.54, 1.807) is 73.8 Å². The van der Waals surface area contributed by atoms with Crippen LogP contribution in [0.15, 0.2) is 76.6 Å². The number of amides is 1. The number of benzene rings is 3. The van der Waals surface area contributed by atoms with Crippen LogP contribution in [-0.2, 0) is 16.1 Å². The first-order chi connectivity index (χ1) is 17.4. The third-order valence-electron chi connectivity index (χ3n) is 5.34. The van der Waals surface area contributed by atoms with Crippen LogP contribution in [0.25, 0.3) is 6.08 Å². The fourth-order valence-corrected chi connectivity index (χ4v) is 4.35. The number of amidine groups is 1. The van der Waals surface area contributed by atoms with Crippen LogP contribution in [0.3, 0.4) is 0 Å². The molecule has 36 heavy (non-hydrogen) atoms. The maximum Gasteiger partial charge on any atom is 0.337 e. The summed E-state index contributed by atoms with van der Waals surface area (Å²) in [5, 5.41) is 0.508. The number of aliphatic imine (C=N–C) groups is 1. The largest absolute Gasteiger partial charge is 0.493 e. The second-order valence-corrected chi connectivity index (χ2v) is 8.71. The molecule has 0 saturated carbocycles. The minimum atomic E-state index is -0.430. The highest BCUT2D eigenvalue weighted by molar-refractivity contribution is 8.18. The van der Waals surface area contributed by atoms with Crippen molar-refractivity contribution in [2.45, 2.75) is 6.61 Å². The van der Waals surface area contributed by atoms with Crippen molar-refractivity contribution in [1.29, 1.82) is 0 Å². The summed E-state index contributed by atoms with van der Waals surface area (Å²) in [7, 11) is 4.49. The second-order valence-electron chi connectivity index (χ2n) is 7.70. The van der Waals surface area contributed by atoms with Crippen LogP contribution in [0.1, 0.15) is 21.5 Å². The molecule has 1 saturated heterocycles. The average molecular weight is 507 g/mol. The van der Waals surface area contributed by atoms with Gasteiger partial charge in [0.1, 0.15) is 12.4 Å². The van der Waals surface area contributed by atoms with Crippen LogP contribution in [0.4, 0.5) is 10.1 Å². The van der Waals surface area contributed by atoms with Gasteiger partial charge < -0.3 is 14.2 Å². The number of likely N-dealkylation sites (N-methyl/N-ethyl adjacent to an activating group) is 1. The fraction of sp³-hybridized carbons (Fsp3) is 0.148. The summed E-state index contributed by atoms with van der Waals surface area (Å²) in [6.45, 7) is 0.0586. The number of rotatable bonds is 7. The predicted molar refractivity (Wildman–Crippen MR) is 137 cm³/mol. The van der Waals surface area contributed by atoms with Gasteiger partial charge in [0.05, 0.1) is 30.4 Å². The van der Waals surface area contributed by atoms with Gasteiger partial charge in [0.2, 0.25) is 0 Å². The number of esters is 1. The second kappa shape index (κ2) is 11.1. The topological polar surface area (TPSA) is 77.4 Å². The molecule has 0 radical (unpaired) electrons. The van der Waals surface area contributed by atoms with Gasteiger partial charge in [-0.2, -0.15) is 0 Å². The SMILES string of the molecule is COC(=O)c1ccc(N=C2S/C(=C\c3ccc(OCc4ccccc4F)c(OC)c3)C(=O)N2C)cc1. The van der Waals surface area contributed by atoms with Crippen LogP contribution < -0.4 is 9.47 Å². The summed E-state index contributed by atoms with van der Waals surface area (Å²) in [5.74, 6) is -0.0347. The number of hydrogen-bond acceptors (Lipinski definition) is 7. The maximum atomic E-state index is 13.9. The summed E-state index contributed by atoms with van der Waals surface area (Å²) in [5.41, 5.74) is 2.19. The van der Waals surface area contributed by atoms with Crippen molar-refractivity contribution in [3.05, 3.63) is 94.1 Å². The molecule has 0 spiro atoms. The number of nitrogens with zero attached hydrogens (tertiary/aromatic N) is 2. The zero-order valence-corrected chi connectivity index (χ0v) is 20.7. The van der Waals surface area contributed by atoms with E-state index in [4.69, 9.17) is 14.2 Å². The number of thioether (sulfide) groups is 1. The molecule has 9 heteroatoms. The first kappa shape index (κ1) is 25.0. The number of carbonyl (C=O) groups excluding carboxylic acids is 2. The number of halogens is 1. The predicted octanol–water partition coefficient (Wildman–Crippen LogP) is 5.43. The van der Waals surface area contributed by atoms with Gasteiger partial charge in [0.25, 0.3) is 5.91 Å². The molecule has 1 aliphatic heterocycles. The fourth-order valence-electron chi connectivity index (χ4n) is 3.37. The molecule has 0 aromatic heterocycles. The van der Waals surface area contributed by atoms with Crippen LogP contribution in [-0.4, -0.2) is 43.2 Å². The molecule has 7 nitrogen and oxygen atoms in total. The maximum absolute atomic E-state index is 13.9. The van der Waals surface area contributed by atoms with E-state index >= 15 is 0 Å². The van der Waals surface area contributed by atoms with Crippen molar-refractivity contribution in [2.75, 3.05) is 21.3 Å². The highest BCUT2D eigenvalue weighted by atomic mass is 32.2. The van der Waals surface area contributed by atoms with E-state index in [9.17, 15) is 14.0 Å². The summed E-state index contributed by atoms with van der Waals surface area (Å²) in [6, 6.07) is 18.3. The number of methoxy groups -OCH3 is 2. The summed E-state index contributed by atoms with van der Waals surface area (Å²) in [6.07, 6.45) is 1.75. The van der Waals surface area contributed by atoms with Crippen molar-refractivity contribution in [3.8, 4) is 11.5 Å². The van der Waals surface area contributed by atoms with E-state index in [1.165, 1.54) is 36.9 Å². The van der Waals surface area contributed by atoms with Crippen LogP contribution in [0.5, 0.6) is 11.5 Å². The Morgan fingerprint density at radius 1 is 1.06 bits per heavy atom. The molecule has 0 bridgehead atoms. The van der Waals surface area contributed by atoms with E-state index in [1.807, 2.05) is 0 Å². The zero-order valence-electron chi connectivity index (χ0n) is 19.9. The Morgan fingerprint density at radius 3 is 2.50 bits per heavy atom. The van der Waals surface area contributed by atoms with Crippen molar-refractivity contribution >= 4 is 40.6 Å². The number of carbonyl (C=O) groups is 2. The lowest BCUT2D eigenvalue weighted by molar-refractivity contribution is -0.121. The third-order valence-corrected chi connectivity index (χ3v) is 6.40. The molecule has 1 amide bonds. The molecule has 1 fully saturated rings. The van der Waals surface area contributed by atoms with E-state index in [-0.39, 0.29) is 18.3 Å². The van der Waals surface area contributed by atoms with E-state index in [2.05, 4.69) is 4.99 Å². The number of ether oxygens (including phenoxy) is 3. The quantitative estimate of drug-likeness (QED) is 0.314. The summed E-state index contributed by atoms with van der Waals surface area (Å²) < 4.78 is 29.8. The van der Waals surface area contributed by atoms with Crippen LogP contribution in [0, 0.1) is 5.82 Å². The first-order valence-electron chi connectivity index (χ1n) is 10.9. The minimum Gasteiger partial charge on any atom is -0.493 e. The lowest BCUT2D eigenvalue weighted by Gasteiger charge is -2.12. The molecule has 0 aliphatic carbocycles. The molecule has 3 aromatic rings. The molecule has 0 unspecified atom stereocenters. The molecular formula is C27H23FN2O5S. The van der Waals surface area contributed by atoms with Crippen molar-refractivity contribution in [2.24, 2.45) is 4.99 Å². The monoisotopic (exact) mass is 506 g/mol. The van der Waals surface area contributed by atoms with Crippen LogP contribution in [0.2, 0.25) is 0 Å². The lowest BCUT2D eigenvalue weighted by Crippen LogP contribution is -2.23. The Hall–Kier alpha value is -4.11. The zero-order chi connectivity index (χ0) is 25.7. The Bertz CT molecular complexity index is 1350. The van der Waals surface area contributed by atoms with Gasteiger partial charge in [-0.25, -0.2) is 14.2 Å². The van der Waals surface area contributed by atoms with Gasteiger partial charge in [-0.05, 0) is 65.9 Å². The molecule has 3 aromatic carbocycles. The van der Waals surface area contributed by atoms with Crippen molar-refractivity contribution in [1.82, 2.24) is 4.90 Å².